The second-order valence-electron chi connectivity index (χ2n) is 5.35. The van der Waals surface area contributed by atoms with Crippen molar-refractivity contribution < 1.29 is 19.2 Å². The van der Waals surface area contributed by atoms with Crippen LogP contribution < -0.4 is 0 Å². The summed E-state index contributed by atoms with van der Waals surface area (Å²) in [6.45, 7) is 3.51. The first-order valence-electron chi connectivity index (χ1n) is 7.39. The van der Waals surface area contributed by atoms with Crippen LogP contribution >= 0.6 is 0 Å². The molecule has 20 heavy (non-hydrogen) atoms. The van der Waals surface area contributed by atoms with E-state index in [1.165, 1.54) is 20.5 Å². The summed E-state index contributed by atoms with van der Waals surface area (Å²) in [4.78, 5) is 27.1. The topological polar surface area (TPSA) is 65.0 Å². The van der Waals surface area contributed by atoms with E-state index in [0.717, 1.165) is 37.8 Å². The van der Waals surface area contributed by atoms with Crippen LogP contribution in [0.3, 0.4) is 0 Å². The van der Waals surface area contributed by atoms with E-state index >= 15 is 0 Å². The van der Waals surface area contributed by atoms with Gasteiger partial charge in [-0.15, -0.1) is 0 Å². The number of rotatable bonds is 7. The van der Waals surface area contributed by atoms with Gasteiger partial charge in [-0.05, 0) is 25.2 Å². The number of hydrogen-bond donors (Lipinski definition) is 0. The van der Waals surface area contributed by atoms with Gasteiger partial charge >= 0.3 is 11.9 Å². The van der Waals surface area contributed by atoms with Crippen LogP contribution in [0.5, 0.6) is 0 Å². The van der Waals surface area contributed by atoms with Crippen molar-refractivity contribution in [2.24, 2.45) is 17.0 Å². The number of oxime groups is 1. The van der Waals surface area contributed by atoms with E-state index in [4.69, 9.17) is 9.57 Å². The molecule has 1 aliphatic carbocycles. The van der Waals surface area contributed by atoms with Gasteiger partial charge in [0.05, 0.1) is 12.8 Å². The van der Waals surface area contributed by atoms with E-state index in [1.807, 2.05) is 0 Å². The van der Waals surface area contributed by atoms with Crippen LogP contribution in [-0.2, 0) is 19.2 Å². The minimum atomic E-state index is -0.402. The van der Waals surface area contributed by atoms with Gasteiger partial charge < -0.3 is 9.57 Å². The van der Waals surface area contributed by atoms with Crippen LogP contribution in [0.2, 0.25) is 0 Å². The molecule has 0 N–H and O–H groups in total. The normalized spacial score (nSPS) is 23.9. The summed E-state index contributed by atoms with van der Waals surface area (Å²) < 4.78 is 4.76. The Labute approximate surface area is 120 Å². The van der Waals surface area contributed by atoms with Crippen LogP contribution in [0.4, 0.5) is 0 Å². The second-order valence-corrected chi connectivity index (χ2v) is 5.35. The lowest BCUT2D eigenvalue weighted by Crippen LogP contribution is -2.19. The largest absolute Gasteiger partial charge is 0.469 e. The highest BCUT2D eigenvalue weighted by Crippen LogP contribution is 2.36. The van der Waals surface area contributed by atoms with E-state index in [9.17, 15) is 9.59 Å². The number of ether oxygens (including phenoxy) is 1. The molecule has 2 atom stereocenters. The molecule has 0 bridgehead atoms. The van der Waals surface area contributed by atoms with Crippen LogP contribution in [0, 0.1) is 11.8 Å². The molecule has 5 nitrogen and oxygen atoms in total. The number of hydrogen-bond acceptors (Lipinski definition) is 5. The Bertz CT molecular complexity index is 365. The average molecular weight is 283 g/mol. The molecule has 0 radical (unpaired) electrons. The zero-order chi connectivity index (χ0) is 15.0. The fourth-order valence-corrected chi connectivity index (χ4v) is 2.79. The molecule has 1 saturated carbocycles. The standard InChI is InChI=1S/C15H25NO4/c1-4-5-6-7-13-12(10-15(18)19-3)8-9-14(13)16-20-11(2)17/h12-13H,4-10H2,1-3H3/b16-14+/t12-,13+/m1/s1. The Hall–Kier alpha value is -1.39. The minimum Gasteiger partial charge on any atom is -0.469 e. The number of unbranched alkanes of at least 4 members (excludes halogenated alkanes) is 2. The molecule has 1 rings (SSSR count). The zero-order valence-corrected chi connectivity index (χ0v) is 12.7. The quantitative estimate of drug-likeness (QED) is 0.312. The van der Waals surface area contributed by atoms with Crippen LogP contribution in [0.15, 0.2) is 5.16 Å². The number of carbonyl (C=O) groups excluding carboxylic acids is 2. The fraction of sp³-hybridized carbons (Fsp3) is 0.800. The molecule has 5 heteroatoms. The molecule has 0 heterocycles. The summed E-state index contributed by atoms with van der Waals surface area (Å²) in [6, 6.07) is 0. The molecule has 0 amide bonds. The lowest BCUT2D eigenvalue weighted by molar-refractivity contribution is -0.142. The Balaban J connectivity index is 2.67. The predicted molar refractivity (Wildman–Crippen MR) is 76.2 cm³/mol. The predicted octanol–water partition coefficient (Wildman–Crippen LogP) is 3.08. The second kappa shape index (κ2) is 8.72. The molecule has 0 aromatic carbocycles. The molecule has 0 spiro atoms. The molecule has 0 aliphatic heterocycles. The van der Waals surface area contributed by atoms with Crippen molar-refractivity contribution in [3.8, 4) is 0 Å². The van der Waals surface area contributed by atoms with E-state index in [0.29, 0.717) is 6.42 Å². The van der Waals surface area contributed by atoms with Gasteiger partial charge in [0, 0.05) is 19.3 Å². The van der Waals surface area contributed by atoms with Gasteiger partial charge in [-0.3, -0.25) is 4.79 Å². The number of esters is 1. The smallest absolute Gasteiger partial charge is 0.331 e. The maximum atomic E-state index is 11.5. The Morgan fingerprint density at radius 3 is 2.70 bits per heavy atom. The molecule has 0 aromatic heterocycles. The van der Waals surface area contributed by atoms with Crippen LogP contribution in [0.1, 0.15) is 58.8 Å². The van der Waals surface area contributed by atoms with E-state index in [1.54, 1.807) is 0 Å². The lowest BCUT2D eigenvalue weighted by atomic mass is 9.87. The summed E-state index contributed by atoms with van der Waals surface area (Å²) in [5.74, 6) is -0.0842. The third-order valence-corrected chi connectivity index (χ3v) is 3.83. The van der Waals surface area contributed by atoms with E-state index in [-0.39, 0.29) is 17.8 Å². The SMILES string of the molecule is CCCCC[C@@H]1/C(=N/OC(C)=O)CC[C@@H]1CC(=O)OC. The first-order chi connectivity index (χ1) is 9.58. The van der Waals surface area contributed by atoms with Crippen molar-refractivity contribution in [3.05, 3.63) is 0 Å². The third-order valence-electron chi connectivity index (χ3n) is 3.83. The Kier molecular flexibility index (Phi) is 7.26. The zero-order valence-electron chi connectivity index (χ0n) is 12.7. The molecule has 0 unspecified atom stereocenters. The van der Waals surface area contributed by atoms with Crippen molar-refractivity contribution in [3.63, 3.8) is 0 Å². The van der Waals surface area contributed by atoms with Crippen molar-refractivity contribution in [2.45, 2.75) is 58.8 Å². The maximum absolute atomic E-state index is 11.5. The highest BCUT2D eigenvalue weighted by Gasteiger charge is 2.34. The first kappa shape index (κ1) is 16.7. The van der Waals surface area contributed by atoms with E-state index in [2.05, 4.69) is 12.1 Å². The Morgan fingerprint density at radius 2 is 2.10 bits per heavy atom. The average Bonchev–Trinajstić information content (AvgIpc) is 2.79. The van der Waals surface area contributed by atoms with Gasteiger partial charge in [0.1, 0.15) is 0 Å². The summed E-state index contributed by atoms with van der Waals surface area (Å²) in [7, 11) is 1.41. The Morgan fingerprint density at radius 1 is 1.35 bits per heavy atom. The van der Waals surface area contributed by atoms with Gasteiger partial charge in [0.2, 0.25) is 0 Å². The van der Waals surface area contributed by atoms with Gasteiger partial charge in [-0.2, -0.15) is 0 Å². The third kappa shape index (κ3) is 5.31. The van der Waals surface area contributed by atoms with Gasteiger partial charge in [0.15, 0.2) is 0 Å². The van der Waals surface area contributed by atoms with Gasteiger partial charge in [0.25, 0.3) is 0 Å². The van der Waals surface area contributed by atoms with Gasteiger partial charge in [-0.1, -0.05) is 31.3 Å². The molecular formula is C15H25NO4. The maximum Gasteiger partial charge on any atom is 0.331 e. The number of nitrogens with zero attached hydrogens (tertiary/aromatic N) is 1. The monoisotopic (exact) mass is 283 g/mol. The fourth-order valence-electron chi connectivity index (χ4n) is 2.79. The molecular weight excluding hydrogens is 258 g/mol. The number of carbonyl (C=O) groups is 2. The highest BCUT2D eigenvalue weighted by atomic mass is 16.7. The minimum absolute atomic E-state index is 0.177. The van der Waals surface area contributed by atoms with Crippen molar-refractivity contribution in [1.82, 2.24) is 0 Å². The van der Waals surface area contributed by atoms with Crippen molar-refractivity contribution in [2.75, 3.05) is 7.11 Å². The molecule has 1 aliphatic rings. The molecule has 1 fully saturated rings. The summed E-state index contributed by atoms with van der Waals surface area (Å²) >= 11 is 0. The summed E-state index contributed by atoms with van der Waals surface area (Å²) in [5.41, 5.74) is 0.921. The molecule has 114 valence electrons. The molecule has 0 saturated heterocycles. The lowest BCUT2D eigenvalue weighted by Gasteiger charge is -2.18. The van der Waals surface area contributed by atoms with Crippen molar-refractivity contribution in [1.29, 1.82) is 0 Å². The molecule has 0 aromatic rings. The van der Waals surface area contributed by atoms with E-state index < -0.39 is 5.97 Å². The van der Waals surface area contributed by atoms with Crippen LogP contribution in [-0.4, -0.2) is 24.8 Å². The van der Waals surface area contributed by atoms with Crippen molar-refractivity contribution >= 4 is 17.7 Å². The highest BCUT2D eigenvalue weighted by molar-refractivity contribution is 5.89. The van der Waals surface area contributed by atoms with Gasteiger partial charge in [-0.25, -0.2) is 4.79 Å². The summed E-state index contributed by atoms with van der Waals surface area (Å²) in [6.07, 6.45) is 6.56. The van der Waals surface area contributed by atoms with Crippen LogP contribution in [0.25, 0.3) is 0 Å². The summed E-state index contributed by atoms with van der Waals surface area (Å²) in [5, 5.41) is 3.98. The number of methoxy groups -OCH3 is 1. The first-order valence-corrected chi connectivity index (χ1v) is 7.39.